The summed E-state index contributed by atoms with van der Waals surface area (Å²) in [6.45, 7) is 1.36. The molecule has 0 aliphatic heterocycles. The summed E-state index contributed by atoms with van der Waals surface area (Å²) in [5.74, 6) is 0.292. The van der Waals surface area contributed by atoms with Gasteiger partial charge in [-0.15, -0.1) is 0 Å². The normalized spacial score (nSPS) is 16.0. The lowest BCUT2D eigenvalue weighted by Gasteiger charge is -2.23. The summed E-state index contributed by atoms with van der Waals surface area (Å²) in [6, 6.07) is 12.3. The summed E-state index contributed by atoms with van der Waals surface area (Å²) < 4.78 is 5.67. The zero-order valence-electron chi connectivity index (χ0n) is 14.1. The molecule has 25 heavy (non-hydrogen) atoms. The monoisotopic (exact) mass is 339 g/mol. The average molecular weight is 339 g/mol. The molecule has 0 radical (unpaired) electrons. The number of carbonyl (C=O) groups excluding carboxylic acids is 2. The topological polar surface area (TPSA) is 75.6 Å². The number of benzene rings is 2. The highest BCUT2D eigenvalue weighted by Crippen LogP contribution is 2.35. The van der Waals surface area contributed by atoms with E-state index < -0.39 is 6.10 Å². The second-order valence-electron chi connectivity index (χ2n) is 6.21. The average Bonchev–Trinajstić information content (AvgIpc) is 2.60. The highest BCUT2D eigenvalue weighted by atomic mass is 16.5. The highest BCUT2D eigenvalue weighted by molar-refractivity contribution is 5.97. The molecule has 0 bridgehead atoms. The molecule has 3 rings (SSSR count). The van der Waals surface area contributed by atoms with Crippen LogP contribution >= 0.6 is 0 Å². The van der Waals surface area contributed by atoms with E-state index in [-0.39, 0.29) is 18.3 Å². The summed E-state index contributed by atoms with van der Waals surface area (Å²) in [5, 5.41) is 12.8. The van der Waals surface area contributed by atoms with Gasteiger partial charge in [-0.05, 0) is 55.5 Å². The van der Waals surface area contributed by atoms with Crippen LogP contribution in [0.15, 0.2) is 42.5 Å². The third kappa shape index (κ3) is 4.06. The van der Waals surface area contributed by atoms with Crippen LogP contribution in [-0.4, -0.2) is 23.4 Å². The summed E-state index contributed by atoms with van der Waals surface area (Å²) >= 11 is 0. The SMILES string of the molecule is CC(=O)c1cccc(NC(=O)COc2cccc3c2CCC[C@@H]3O)c1. The molecule has 2 aromatic carbocycles. The molecule has 0 heterocycles. The van der Waals surface area contributed by atoms with Gasteiger partial charge < -0.3 is 15.2 Å². The standard InChI is InChI=1S/C20H21NO4/c1-13(22)14-5-2-6-15(11-14)21-20(24)12-25-19-10-4-7-16-17(19)8-3-9-18(16)23/h2,4-7,10-11,18,23H,3,8-9,12H2,1H3,(H,21,24)/t18-/m0/s1. The first-order valence-electron chi connectivity index (χ1n) is 8.38. The van der Waals surface area contributed by atoms with Crippen molar-refractivity contribution in [1.29, 1.82) is 0 Å². The van der Waals surface area contributed by atoms with Crippen molar-refractivity contribution in [3.63, 3.8) is 0 Å². The fourth-order valence-electron chi connectivity index (χ4n) is 3.08. The van der Waals surface area contributed by atoms with Gasteiger partial charge in [-0.1, -0.05) is 24.3 Å². The molecule has 130 valence electrons. The van der Waals surface area contributed by atoms with Crippen LogP contribution in [0.1, 0.15) is 47.4 Å². The van der Waals surface area contributed by atoms with E-state index in [1.807, 2.05) is 18.2 Å². The van der Waals surface area contributed by atoms with Gasteiger partial charge in [0, 0.05) is 11.3 Å². The Labute approximate surface area is 146 Å². The smallest absolute Gasteiger partial charge is 0.262 e. The summed E-state index contributed by atoms with van der Waals surface area (Å²) in [5.41, 5.74) is 2.97. The first-order valence-corrected chi connectivity index (χ1v) is 8.38. The highest BCUT2D eigenvalue weighted by Gasteiger charge is 2.21. The number of ketones is 1. The van der Waals surface area contributed by atoms with Crippen LogP contribution in [0.5, 0.6) is 5.75 Å². The third-order valence-electron chi connectivity index (χ3n) is 4.34. The minimum atomic E-state index is -0.463. The number of Topliss-reactive ketones (excluding diaryl/α,β-unsaturated/α-hetero) is 1. The van der Waals surface area contributed by atoms with Crippen LogP contribution in [0, 0.1) is 0 Å². The van der Waals surface area contributed by atoms with E-state index in [0.29, 0.717) is 17.0 Å². The molecule has 0 aromatic heterocycles. The van der Waals surface area contributed by atoms with Crippen molar-refractivity contribution < 1.29 is 19.4 Å². The fraction of sp³-hybridized carbons (Fsp3) is 0.300. The Kier molecular flexibility index (Phi) is 5.14. The Morgan fingerprint density at radius 3 is 2.84 bits per heavy atom. The molecule has 1 aliphatic rings. The number of rotatable bonds is 5. The number of aliphatic hydroxyl groups is 1. The molecule has 0 fully saturated rings. The van der Waals surface area contributed by atoms with Gasteiger partial charge >= 0.3 is 0 Å². The lowest BCUT2D eigenvalue weighted by molar-refractivity contribution is -0.118. The van der Waals surface area contributed by atoms with Crippen molar-refractivity contribution in [1.82, 2.24) is 0 Å². The van der Waals surface area contributed by atoms with E-state index in [9.17, 15) is 14.7 Å². The molecule has 1 aliphatic carbocycles. The molecule has 2 aromatic rings. The molecule has 1 amide bonds. The van der Waals surface area contributed by atoms with Gasteiger partial charge in [0.1, 0.15) is 5.75 Å². The maximum Gasteiger partial charge on any atom is 0.262 e. The molecule has 0 saturated heterocycles. The number of carbonyl (C=O) groups is 2. The third-order valence-corrected chi connectivity index (χ3v) is 4.34. The van der Waals surface area contributed by atoms with E-state index in [0.717, 1.165) is 30.4 Å². The van der Waals surface area contributed by atoms with Crippen molar-refractivity contribution in [3.8, 4) is 5.75 Å². The van der Waals surface area contributed by atoms with Crippen LogP contribution in [0.4, 0.5) is 5.69 Å². The Morgan fingerprint density at radius 2 is 2.04 bits per heavy atom. The molecule has 0 spiro atoms. The van der Waals surface area contributed by atoms with Gasteiger partial charge in [0.15, 0.2) is 12.4 Å². The number of fused-ring (bicyclic) bond motifs is 1. The van der Waals surface area contributed by atoms with E-state index >= 15 is 0 Å². The van der Waals surface area contributed by atoms with Crippen molar-refractivity contribution in [3.05, 3.63) is 59.2 Å². The number of ether oxygens (including phenoxy) is 1. The second kappa shape index (κ2) is 7.49. The first kappa shape index (κ1) is 17.2. The van der Waals surface area contributed by atoms with Crippen LogP contribution in [-0.2, 0) is 11.2 Å². The van der Waals surface area contributed by atoms with Gasteiger partial charge in [0.05, 0.1) is 6.10 Å². The number of amides is 1. The van der Waals surface area contributed by atoms with Crippen molar-refractivity contribution in [2.24, 2.45) is 0 Å². The molecular weight excluding hydrogens is 318 g/mol. The molecule has 1 atom stereocenters. The summed E-state index contributed by atoms with van der Waals surface area (Å²) in [4.78, 5) is 23.5. The maximum absolute atomic E-state index is 12.1. The Bertz CT molecular complexity index is 800. The van der Waals surface area contributed by atoms with Crippen molar-refractivity contribution in [2.75, 3.05) is 11.9 Å². The zero-order chi connectivity index (χ0) is 17.8. The molecule has 5 heteroatoms. The van der Waals surface area contributed by atoms with Crippen LogP contribution in [0.3, 0.4) is 0 Å². The van der Waals surface area contributed by atoms with Gasteiger partial charge in [-0.3, -0.25) is 9.59 Å². The van der Waals surface area contributed by atoms with Crippen LogP contribution in [0.25, 0.3) is 0 Å². The number of nitrogens with one attached hydrogen (secondary N) is 1. The lowest BCUT2D eigenvalue weighted by Crippen LogP contribution is -2.21. The molecule has 2 N–H and O–H groups in total. The fourth-order valence-corrected chi connectivity index (χ4v) is 3.08. The minimum absolute atomic E-state index is 0.0539. The van der Waals surface area contributed by atoms with E-state index in [1.54, 1.807) is 24.3 Å². The van der Waals surface area contributed by atoms with Gasteiger partial charge in [0.25, 0.3) is 5.91 Å². The van der Waals surface area contributed by atoms with E-state index in [1.165, 1.54) is 6.92 Å². The van der Waals surface area contributed by atoms with Crippen molar-refractivity contribution >= 4 is 17.4 Å². The Balaban J connectivity index is 1.64. The Hall–Kier alpha value is -2.66. The van der Waals surface area contributed by atoms with Crippen molar-refractivity contribution in [2.45, 2.75) is 32.3 Å². The van der Waals surface area contributed by atoms with Crippen LogP contribution < -0.4 is 10.1 Å². The number of aliphatic hydroxyl groups excluding tert-OH is 1. The second-order valence-corrected chi connectivity index (χ2v) is 6.21. The molecule has 0 saturated carbocycles. The largest absolute Gasteiger partial charge is 0.483 e. The summed E-state index contributed by atoms with van der Waals surface area (Å²) in [7, 11) is 0. The number of hydrogen-bond acceptors (Lipinski definition) is 4. The molecular formula is C20H21NO4. The molecule has 5 nitrogen and oxygen atoms in total. The minimum Gasteiger partial charge on any atom is -0.483 e. The first-order chi connectivity index (χ1) is 12.0. The van der Waals surface area contributed by atoms with E-state index in [2.05, 4.69) is 5.32 Å². The number of anilines is 1. The number of hydrogen-bond donors (Lipinski definition) is 2. The predicted molar refractivity (Wildman–Crippen MR) is 94.9 cm³/mol. The van der Waals surface area contributed by atoms with Gasteiger partial charge in [-0.2, -0.15) is 0 Å². The lowest BCUT2D eigenvalue weighted by atomic mass is 9.89. The summed E-state index contributed by atoms with van der Waals surface area (Å²) in [6.07, 6.45) is 2.03. The van der Waals surface area contributed by atoms with E-state index in [4.69, 9.17) is 4.74 Å². The zero-order valence-corrected chi connectivity index (χ0v) is 14.1. The maximum atomic E-state index is 12.1. The quantitative estimate of drug-likeness (QED) is 0.820. The van der Waals surface area contributed by atoms with Gasteiger partial charge in [-0.25, -0.2) is 0 Å². The Morgan fingerprint density at radius 1 is 1.24 bits per heavy atom. The van der Waals surface area contributed by atoms with Crippen LogP contribution in [0.2, 0.25) is 0 Å². The molecule has 0 unspecified atom stereocenters. The van der Waals surface area contributed by atoms with Gasteiger partial charge in [0.2, 0.25) is 0 Å². The predicted octanol–water partition coefficient (Wildman–Crippen LogP) is 3.28.